The van der Waals surface area contributed by atoms with Crippen LogP contribution in [0, 0.1) is 0 Å². The summed E-state index contributed by atoms with van der Waals surface area (Å²) in [6, 6.07) is 20.2. The molecule has 0 radical (unpaired) electrons. The molecule has 2 fully saturated rings. The molecule has 200 valence electrons. The van der Waals surface area contributed by atoms with E-state index in [1.807, 2.05) is 0 Å². The van der Waals surface area contributed by atoms with E-state index in [9.17, 15) is 0 Å². The van der Waals surface area contributed by atoms with Gasteiger partial charge in [-0.15, -0.1) is 0 Å². The standard InChI is InChI=1S/C32H48N4Si/c1-33(2)25-27-15-11-13-21-31(27)37(32-22-14-12-16-28(32)26-34(3)4)35(29-17-7-5-8-18-29)23-24-36(37)30-19-9-6-10-20-30/h11-16,21-24,29-30H,5-10,17-20,25-26H2,1-4H3. The minimum Gasteiger partial charge on any atom is -0.376 e. The highest BCUT2D eigenvalue weighted by molar-refractivity contribution is 6.99. The summed E-state index contributed by atoms with van der Waals surface area (Å²) in [6.45, 7) is 1.97. The van der Waals surface area contributed by atoms with Crippen molar-refractivity contribution in [1.82, 2.24) is 18.9 Å². The maximum atomic E-state index is 2.96. The Bertz CT molecular complexity index is 969. The lowest BCUT2D eigenvalue weighted by Gasteiger charge is -2.52. The first-order valence-electron chi connectivity index (χ1n) is 14.7. The van der Waals surface area contributed by atoms with Crippen LogP contribution in [0.4, 0.5) is 0 Å². The van der Waals surface area contributed by atoms with Gasteiger partial charge in [0.1, 0.15) is 0 Å². The van der Waals surface area contributed by atoms with E-state index in [0.29, 0.717) is 12.1 Å². The lowest BCUT2D eigenvalue weighted by atomic mass is 9.95. The zero-order valence-corrected chi connectivity index (χ0v) is 24.7. The van der Waals surface area contributed by atoms with Crippen molar-refractivity contribution in [3.05, 3.63) is 72.1 Å². The van der Waals surface area contributed by atoms with E-state index in [1.165, 1.54) is 75.3 Å². The molecule has 5 rings (SSSR count). The van der Waals surface area contributed by atoms with Crippen LogP contribution in [0.25, 0.3) is 0 Å². The highest BCUT2D eigenvalue weighted by Gasteiger charge is 2.56. The van der Waals surface area contributed by atoms with E-state index >= 15 is 0 Å². The Balaban J connectivity index is 1.78. The highest BCUT2D eigenvalue weighted by atomic mass is 28.3. The molecule has 0 bridgehead atoms. The Hall–Kier alpha value is -2.08. The summed E-state index contributed by atoms with van der Waals surface area (Å²) in [6.07, 6.45) is 18.6. The molecule has 5 heteroatoms. The van der Waals surface area contributed by atoms with Crippen molar-refractivity contribution in [3.8, 4) is 0 Å². The van der Waals surface area contributed by atoms with Crippen molar-refractivity contribution in [2.24, 2.45) is 0 Å². The van der Waals surface area contributed by atoms with E-state index in [0.717, 1.165) is 13.1 Å². The van der Waals surface area contributed by atoms with Crippen molar-refractivity contribution in [2.75, 3.05) is 28.2 Å². The fraction of sp³-hybridized carbons (Fsp3) is 0.562. The molecule has 0 N–H and O–H groups in total. The summed E-state index contributed by atoms with van der Waals surface area (Å²) < 4.78 is 5.92. The summed E-state index contributed by atoms with van der Waals surface area (Å²) in [5.74, 6) is 0. The molecule has 1 aliphatic heterocycles. The predicted molar refractivity (Wildman–Crippen MR) is 159 cm³/mol. The third-order valence-corrected chi connectivity index (χ3v) is 13.8. The van der Waals surface area contributed by atoms with Crippen molar-refractivity contribution in [3.63, 3.8) is 0 Å². The van der Waals surface area contributed by atoms with E-state index in [-0.39, 0.29) is 0 Å². The fourth-order valence-electron chi connectivity index (χ4n) is 7.36. The Kier molecular flexibility index (Phi) is 8.42. The van der Waals surface area contributed by atoms with Crippen LogP contribution in [0.1, 0.15) is 75.3 Å². The summed E-state index contributed by atoms with van der Waals surface area (Å²) >= 11 is 0. The van der Waals surface area contributed by atoms with Gasteiger partial charge in [0.05, 0.1) is 0 Å². The number of rotatable bonds is 8. The normalized spacial score (nSPS) is 20.9. The van der Waals surface area contributed by atoms with Crippen LogP contribution >= 0.6 is 0 Å². The molecule has 0 aromatic heterocycles. The summed E-state index contributed by atoms with van der Waals surface area (Å²) in [4.78, 5) is 4.70. The van der Waals surface area contributed by atoms with Gasteiger partial charge in [0.15, 0.2) is 0 Å². The molecule has 0 amide bonds. The van der Waals surface area contributed by atoms with Crippen LogP contribution in [0.5, 0.6) is 0 Å². The first-order valence-corrected chi connectivity index (χ1v) is 16.6. The zero-order valence-electron chi connectivity index (χ0n) is 23.7. The molecular formula is C32H48N4Si. The van der Waals surface area contributed by atoms with Crippen LogP contribution in [0.3, 0.4) is 0 Å². The average Bonchev–Trinajstić information content (AvgIpc) is 3.30. The van der Waals surface area contributed by atoms with E-state index in [1.54, 1.807) is 10.4 Å². The van der Waals surface area contributed by atoms with Gasteiger partial charge in [-0.3, -0.25) is 0 Å². The molecule has 37 heavy (non-hydrogen) atoms. The van der Waals surface area contributed by atoms with Gasteiger partial charge in [0.2, 0.25) is 0 Å². The van der Waals surface area contributed by atoms with Gasteiger partial charge in [-0.1, -0.05) is 87.1 Å². The Morgan fingerprint density at radius 3 is 1.35 bits per heavy atom. The number of nitrogens with zero attached hydrogens (tertiary/aromatic N) is 4. The molecular weight excluding hydrogens is 468 g/mol. The number of hydrogen-bond donors (Lipinski definition) is 0. The second kappa shape index (κ2) is 11.8. The van der Waals surface area contributed by atoms with Crippen molar-refractivity contribution < 1.29 is 0 Å². The van der Waals surface area contributed by atoms with Gasteiger partial charge in [0.25, 0.3) is 0 Å². The smallest absolute Gasteiger partial charge is 0.331 e. The lowest BCUT2D eigenvalue weighted by Crippen LogP contribution is -2.79. The quantitative estimate of drug-likeness (QED) is 0.452. The number of benzene rings is 2. The maximum absolute atomic E-state index is 2.96. The third-order valence-electron chi connectivity index (χ3n) is 8.83. The van der Waals surface area contributed by atoms with E-state index in [4.69, 9.17) is 0 Å². The maximum Gasteiger partial charge on any atom is 0.331 e. The molecule has 0 unspecified atom stereocenters. The Morgan fingerprint density at radius 1 is 0.595 bits per heavy atom. The minimum absolute atomic E-state index is 0.630. The highest BCUT2D eigenvalue weighted by Crippen LogP contribution is 2.38. The molecule has 3 aliphatic rings. The van der Waals surface area contributed by atoms with Gasteiger partial charge in [0, 0.05) is 37.6 Å². The third kappa shape index (κ3) is 5.28. The molecule has 2 aliphatic carbocycles. The Morgan fingerprint density at radius 2 is 0.973 bits per heavy atom. The molecule has 2 aromatic rings. The molecule has 0 spiro atoms. The van der Waals surface area contributed by atoms with Gasteiger partial charge >= 0.3 is 8.40 Å². The molecule has 2 aromatic carbocycles. The van der Waals surface area contributed by atoms with Crippen LogP contribution < -0.4 is 10.4 Å². The van der Waals surface area contributed by atoms with Crippen molar-refractivity contribution in [1.29, 1.82) is 0 Å². The minimum atomic E-state index is -2.54. The van der Waals surface area contributed by atoms with Gasteiger partial charge < -0.3 is 18.9 Å². The van der Waals surface area contributed by atoms with Crippen molar-refractivity contribution in [2.45, 2.75) is 89.4 Å². The summed E-state index contributed by atoms with van der Waals surface area (Å²) in [5.41, 5.74) is 3.01. The average molecular weight is 517 g/mol. The fourth-order valence-corrected chi connectivity index (χ4v) is 13.0. The van der Waals surface area contributed by atoms with E-state index < -0.39 is 8.40 Å². The zero-order chi connectivity index (χ0) is 25.8. The Labute approximate surface area is 227 Å². The second-order valence-electron chi connectivity index (χ2n) is 12.2. The monoisotopic (exact) mass is 516 g/mol. The van der Waals surface area contributed by atoms with Gasteiger partial charge in [-0.05, 0) is 75.4 Å². The molecule has 4 nitrogen and oxygen atoms in total. The first-order chi connectivity index (χ1) is 18.0. The topological polar surface area (TPSA) is 13.0 Å². The molecule has 0 atom stereocenters. The lowest BCUT2D eigenvalue weighted by molar-refractivity contribution is 0.273. The van der Waals surface area contributed by atoms with E-state index in [2.05, 4.69) is 108 Å². The molecule has 2 saturated carbocycles. The predicted octanol–water partition coefficient (Wildman–Crippen LogP) is 5.12. The summed E-state index contributed by atoms with van der Waals surface area (Å²) in [5, 5.41) is 3.21. The molecule has 0 saturated heterocycles. The van der Waals surface area contributed by atoms with Gasteiger partial charge in [-0.25, -0.2) is 0 Å². The van der Waals surface area contributed by atoms with Crippen LogP contribution in [0.2, 0.25) is 0 Å². The second-order valence-corrected chi connectivity index (χ2v) is 15.6. The van der Waals surface area contributed by atoms with Gasteiger partial charge in [-0.2, -0.15) is 0 Å². The SMILES string of the molecule is CN(C)Cc1ccccc1[Si]1(c2ccccc2CN(C)C)N(C2CCCCC2)C=CN1C1CCCCC1. The summed E-state index contributed by atoms with van der Waals surface area (Å²) in [7, 11) is 6.33. The van der Waals surface area contributed by atoms with Crippen LogP contribution in [-0.4, -0.2) is 67.6 Å². The molecule has 1 heterocycles. The van der Waals surface area contributed by atoms with Crippen LogP contribution in [-0.2, 0) is 13.1 Å². The first kappa shape index (κ1) is 26.5. The largest absolute Gasteiger partial charge is 0.376 e. The number of hydrogen-bond acceptors (Lipinski definition) is 4. The van der Waals surface area contributed by atoms with Crippen LogP contribution in [0.15, 0.2) is 60.9 Å². The van der Waals surface area contributed by atoms with Crippen molar-refractivity contribution >= 4 is 18.8 Å².